The molecule has 0 saturated heterocycles. The second kappa shape index (κ2) is 7.09. The SMILES string of the molecule is CCOC(=O)NC(=O)c1ccsc1NC(=O)c1cnc2ccnn2c1. The van der Waals surface area contributed by atoms with Gasteiger partial charge in [-0.25, -0.2) is 14.3 Å². The molecule has 0 atom stereocenters. The van der Waals surface area contributed by atoms with E-state index < -0.39 is 17.9 Å². The molecule has 3 aromatic heterocycles. The quantitative estimate of drug-likeness (QED) is 0.735. The van der Waals surface area contributed by atoms with E-state index in [4.69, 9.17) is 0 Å². The van der Waals surface area contributed by atoms with Gasteiger partial charge in [0, 0.05) is 18.5 Å². The fourth-order valence-corrected chi connectivity index (χ4v) is 2.79. The highest BCUT2D eigenvalue weighted by Gasteiger charge is 2.18. The Morgan fingerprint density at radius 3 is 2.92 bits per heavy atom. The van der Waals surface area contributed by atoms with E-state index >= 15 is 0 Å². The molecule has 0 fully saturated rings. The van der Waals surface area contributed by atoms with Gasteiger partial charge in [0.25, 0.3) is 11.8 Å². The molecule has 0 unspecified atom stereocenters. The van der Waals surface area contributed by atoms with Crippen LogP contribution in [0.25, 0.3) is 5.65 Å². The van der Waals surface area contributed by atoms with E-state index in [1.54, 1.807) is 24.6 Å². The Morgan fingerprint density at radius 1 is 1.28 bits per heavy atom. The number of ether oxygens (including phenoxy) is 1. The molecule has 128 valence electrons. The Labute approximate surface area is 145 Å². The summed E-state index contributed by atoms with van der Waals surface area (Å²) in [6.07, 6.45) is 3.67. The van der Waals surface area contributed by atoms with Crippen molar-refractivity contribution in [2.75, 3.05) is 11.9 Å². The monoisotopic (exact) mass is 359 g/mol. The number of carbonyl (C=O) groups excluding carboxylic acids is 3. The molecule has 10 heteroatoms. The summed E-state index contributed by atoms with van der Waals surface area (Å²) >= 11 is 1.16. The van der Waals surface area contributed by atoms with Crippen molar-refractivity contribution in [2.24, 2.45) is 0 Å². The highest BCUT2D eigenvalue weighted by atomic mass is 32.1. The van der Waals surface area contributed by atoms with Crippen LogP contribution in [-0.4, -0.2) is 39.1 Å². The fraction of sp³-hybridized carbons (Fsp3) is 0.133. The van der Waals surface area contributed by atoms with Crippen molar-refractivity contribution in [2.45, 2.75) is 6.92 Å². The van der Waals surface area contributed by atoms with Crippen molar-refractivity contribution in [3.63, 3.8) is 0 Å². The van der Waals surface area contributed by atoms with Gasteiger partial charge in [-0.05, 0) is 18.4 Å². The third-order valence-electron chi connectivity index (χ3n) is 3.14. The molecule has 2 N–H and O–H groups in total. The van der Waals surface area contributed by atoms with Gasteiger partial charge in [0.15, 0.2) is 5.65 Å². The second-order valence-corrected chi connectivity index (χ2v) is 5.68. The number of amides is 3. The summed E-state index contributed by atoms with van der Waals surface area (Å²) < 4.78 is 6.13. The number of imide groups is 1. The lowest BCUT2D eigenvalue weighted by Crippen LogP contribution is -2.31. The molecule has 0 aliphatic heterocycles. The normalized spacial score (nSPS) is 10.4. The largest absolute Gasteiger partial charge is 0.450 e. The second-order valence-electron chi connectivity index (χ2n) is 4.77. The number of nitrogens with one attached hydrogen (secondary N) is 2. The number of hydrogen-bond donors (Lipinski definition) is 2. The standard InChI is InChI=1S/C15H13N5O4S/c1-2-24-15(23)19-13(22)10-4-6-25-14(10)18-12(21)9-7-16-11-3-5-17-20(11)8-9/h3-8H,2H2,1H3,(H,18,21)(H,19,22,23). The molecule has 0 saturated carbocycles. The molecule has 0 bridgehead atoms. The number of aromatic nitrogens is 3. The number of hydrogen-bond acceptors (Lipinski definition) is 7. The third-order valence-corrected chi connectivity index (χ3v) is 3.97. The molecule has 0 aromatic carbocycles. The van der Waals surface area contributed by atoms with Crippen molar-refractivity contribution >= 4 is 39.9 Å². The van der Waals surface area contributed by atoms with Gasteiger partial charge in [0.2, 0.25) is 0 Å². The van der Waals surface area contributed by atoms with Crippen molar-refractivity contribution < 1.29 is 19.1 Å². The highest BCUT2D eigenvalue weighted by molar-refractivity contribution is 7.14. The van der Waals surface area contributed by atoms with Crippen molar-refractivity contribution in [3.05, 3.63) is 47.2 Å². The van der Waals surface area contributed by atoms with E-state index in [2.05, 4.69) is 25.5 Å². The van der Waals surface area contributed by atoms with Crippen molar-refractivity contribution in [1.82, 2.24) is 19.9 Å². The summed E-state index contributed by atoms with van der Waals surface area (Å²) in [5.41, 5.74) is 1.06. The Morgan fingerprint density at radius 2 is 2.12 bits per heavy atom. The summed E-state index contributed by atoms with van der Waals surface area (Å²) in [6.45, 7) is 1.78. The average Bonchev–Trinajstić information content (AvgIpc) is 3.22. The molecule has 3 rings (SSSR count). The summed E-state index contributed by atoms with van der Waals surface area (Å²) in [7, 11) is 0. The first-order chi connectivity index (χ1) is 12.1. The van der Waals surface area contributed by atoms with Crippen LogP contribution >= 0.6 is 11.3 Å². The first-order valence-corrected chi connectivity index (χ1v) is 8.12. The Balaban J connectivity index is 1.74. The molecule has 3 heterocycles. The molecule has 9 nitrogen and oxygen atoms in total. The smallest absolute Gasteiger partial charge is 0.414 e. The minimum Gasteiger partial charge on any atom is -0.450 e. The van der Waals surface area contributed by atoms with Gasteiger partial charge >= 0.3 is 6.09 Å². The van der Waals surface area contributed by atoms with Crippen LogP contribution in [0.4, 0.5) is 9.80 Å². The Bertz CT molecular complexity index is 948. The summed E-state index contributed by atoms with van der Waals surface area (Å²) in [5, 5.41) is 10.7. The van der Waals surface area contributed by atoms with Gasteiger partial charge in [0.1, 0.15) is 5.00 Å². The van der Waals surface area contributed by atoms with E-state index in [9.17, 15) is 14.4 Å². The molecule has 25 heavy (non-hydrogen) atoms. The van der Waals surface area contributed by atoms with E-state index in [1.165, 1.54) is 23.0 Å². The summed E-state index contributed by atoms with van der Waals surface area (Å²) in [6, 6.07) is 3.21. The van der Waals surface area contributed by atoms with Gasteiger partial charge < -0.3 is 10.1 Å². The maximum atomic E-state index is 12.4. The summed E-state index contributed by atoms with van der Waals surface area (Å²) in [5.74, 6) is -1.10. The van der Waals surface area contributed by atoms with Gasteiger partial charge in [-0.1, -0.05) is 0 Å². The van der Waals surface area contributed by atoms with Gasteiger partial charge in [-0.15, -0.1) is 11.3 Å². The zero-order chi connectivity index (χ0) is 17.8. The zero-order valence-electron chi connectivity index (χ0n) is 13.1. The number of alkyl carbamates (subject to hydrolysis) is 1. The predicted molar refractivity (Wildman–Crippen MR) is 89.7 cm³/mol. The van der Waals surface area contributed by atoms with Crippen LogP contribution in [0.3, 0.4) is 0 Å². The lowest BCUT2D eigenvalue weighted by Gasteiger charge is -2.07. The van der Waals surface area contributed by atoms with E-state index in [1.807, 2.05) is 0 Å². The van der Waals surface area contributed by atoms with E-state index in [-0.39, 0.29) is 17.7 Å². The average molecular weight is 359 g/mol. The minimum absolute atomic E-state index is 0.148. The molecule has 0 spiro atoms. The number of anilines is 1. The molecular formula is C15H13N5O4S. The number of nitrogens with zero attached hydrogens (tertiary/aromatic N) is 3. The minimum atomic E-state index is -0.843. The van der Waals surface area contributed by atoms with E-state index in [0.717, 1.165) is 11.3 Å². The number of carbonyl (C=O) groups is 3. The molecule has 0 radical (unpaired) electrons. The molecule has 3 amide bonds. The first-order valence-electron chi connectivity index (χ1n) is 7.25. The third kappa shape index (κ3) is 3.63. The molecule has 0 aliphatic rings. The van der Waals surface area contributed by atoms with Crippen LogP contribution in [-0.2, 0) is 4.74 Å². The predicted octanol–water partition coefficient (Wildman–Crippen LogP) is 1.93. The molecule has 3 aromatic rings. The van der Waals surface area contributed by atoms with Crippen LogP contribution in [0.1, 0.15) is 27.6 Å². The van der Waals surface area contributed by atoms with Crippen LogP contribution in [0, 0.1) is 0 Å². The van der Waals surface area contributed by atoms with Crippen molar-refractivity contribution in [1.29, 1.82) is 0 Å². The Hall–Kier alpha value is -3.27. The Kier molecular flexibility index (Phi) is 4.70. The molecular weight excluding hydrogens is 346 g/mol. The number of thiophene rings is 1. The van der Waals surface area contributed by atoms with Gasteiger partial charge in [-0.2, -0.15) is 5.10 Å². The van der Waals surface area contributed by atoms with Crippen molar-refractivity contribution in [3.8, 4) is 0 Å². The van der Waals surface area contributed by atoms with E-state index in [0.29, 0.717) is 10.6 Å². The lowest BCUT2D eigenvalue weighted by molar-refractivity contribution is 0.0926. The van der Waals surface area contributed by atoms with Crippen LogP contribution < -0.4 is 10.6 Å². The zero-order valence-corrected chi connectivity index (χ0v) is 13.9. The van der Waals surface area contributed by atoms with Crippen LogP contribution in [0.15, 0.2) is 36.1 Å². The maximum absolute atomic E-state index is 12.4. The lowest BCUT2D eigenvalue weighted by atomic mass is 10.2. The van der Waals surface area contributed by atoms with Crippen LogP contribution in [0.5, 0.6) is 0 Å². The summed E-state index contributed by atoms with van der Waals surface area (Å²) in [4.78, 5) is 39.9. The molecule has 0 aliphatic carbocycles. The number of fused-ring (bicyclic) bond motifs is 1. The maximum Gasteiger partial charge on any atom is 0.414 e. The van der Waals surface area contributed by atoms with Gasteiger partial charge in [0.05, 0.1) is 23.9 Å². The van der Waals surface area contributed by atoms with Gasteiger partial charge in [-0.3, -0.25) is 14.9 Å². The van der Waals surface area contributed by atoms with Crippen LogP contribution in [0.2, 0.25) is 0 Å². The highest BCUT2D eigenvalue weighted by Crippen LogP contribution is 2.24. The topological polar surface area (TPSA) is 115 Å². The fourth-order valence-electron chi connectivity index (χ4n) is 2.01. The first kappa shape index (κ1) is 16.6. The number of rotatable bonds is 4.